The van der Waals surface area contributed by atoms with E-state index in [9.17, 15) is 14.7 Å². The van der Waals surface area contributed by atoms with Crippen LogP contribution >= 0.6 is 0 Å². The Morgan fingerprint density at radius 1 is 1.55 bits per heavy atom. The van der Waals surface area contributed by atoms with Crippen molar-refractivity contribution in [2.45, 2.75) is 25.9 Å². The van der Waals surface area contributed by atoms with E-state index in [1.54, 1.807) is 6.92 Å². The number of hydrogen-bond acceptors (Lipinski definition) is 4. The Morgan fingerprint density at radius 2 is 2.00 bits per heavy atom. The predicted molar refractivity (Wildman–Crippen MR) is 37.9 cm³/mol. The number of ether oxygens (including phenoxy) is 1. The van der Waals surface area contributed by atoms with E-state index in [4.69, 9.17) is 0 Å². The molecule has 0 aliphatic heterocycles. The minimum atomic E-state index is -1.98. The van der Waals surface area contributed by atoms with Gasteiger partial charge in [-0.05, 0) is 6.92 Å². The molecule has 0 unspecified atom stereocenters. The molecular weight excluding hydrogens is 148 g/mol. The molecule has 0 aromatic carbocycles. The van der Waals surface area contributed by atoms with Crippen LogP contribution in [-0.4, -0.2) is 29.6 Å². The van der Waals surface area contributed by atoms with Crippen molar-refractivity contribution in [3.05, 3.63) is 0 Å². The molecular formula is C7H12O4. The molecule has 0 amide bonds. The van der Waals surface area contributed by atoms with E-state index in [1.165, 1.54) is 0 Å². The zero-order valence-corrected chi connectivity index (χ0v) is 6.88. The van der Waals surface area contributed by atoms with Crippen molar-refractivity contribution in [3.8, 4) is 0 Å². The van der Waals surface area contributed by atoms with Gasteiger partial charge in [-0.2, -0.15) is 0 Å². The average Bonchev–Trinajstić information content (AvgIpc) is 2.01. The first-order valence-electron chi connectivity index (χ1n) is 3.30. The third-order valence-corrected chi connectivity index (χ3v) is 1.45. The zero-order valence-electron chi connectivity index (χ0n) is 6.88. The summed E-state index contributed by atoms with van der Waals surface area (Å²) in [6.45, 7) is 2.70. The van der Waals surface area contributed by atoms with Crippen LogP contribution in [-0.2, 0) is 14.3 Å². The summed E-state index contributed by atoms with van der Waals surface area (Å²) in [5.41, 5.74) is -1.98. The maximum Gasteiger partial charge on any atom is 0.345 e. The van der Waals surface area contributed by atoms with Gasteiger partial charge in [-0.25, -0.2) is 4.79 Å². The number of methoxy groups -OCH3 is 1. The van der Waals surface area contributed by atoms with Gasteiger partial charge in [0.2, 0.25) is 5.60 Å². The molecule has 11 heavy (non-hydrogen) atoms. The van der Waals surface area contributed by atoms with E-state index in [2.05, 4.69) is 4.74 Å². The Kier molecular flexibility index (Phi) is 3.19. The molecule has 0 aromatic rings. The summed E-state index contributed by atoms with van der Waals surface area (Å²) in [5, 5.41) is 9.23. The molecule has 0 radical (unpaired) electrons. The van der Waals surface area contributed by atoms with E-state index in [-0.39, 0.29) is 6.42 Å². The fraction of sp³-hybridized carbons (Fsp3) is 0.714. The third-order valence-electron chi connectivity index (χ3n) is 1.45. The molecule has 0 aliphatic rings. The molecule has 0 heterocycles. The van der Waals surface area contributed by atoms with Crippen molar-refractivity contribution in [3.63, 3.8) is 0 Å². The van der Waals surface area contributed by atoms with E-state index >= 15 is 0 Å². The van der Waals surface area contributed by atoms with Crippen LogP contribution < -0.4 is 0 Å². The van der Waals surface area contributed by atoms with Crippen LogP contribution in [0.25, 0.3) is 0 Å². The standard InChI is InChI=1S/C7H12O4/c1-4-5(8)7(2,10)6(9)11-3/h10H,4H2,1-3H3/t7-/m1/s1. The maximum atomic E-state index is 10.9. The average molecular weight is 160 g/mol. The van der Waals surface area contributed by atoms with Crippen LogP contribution in [0.4, 0.5) is 0 Å². The highest BCUT2D eigenvalue weighted by molar-refractivity contribution is 6.06. The third kappa shape index (κ3) is 2.01. The van der Waals surface area contributed by atoms with Gasteiger partial charge in [-0.1, -0.05) is 6.92 Å². The first-order valence-corrected chi connectivity index (χ1v) is 3.30. The Bertz CT molecular complexity index is 153. The largest absolute Gasteiger partial charge is 0.467 e. The fourth-order valence-electron chi connectivity index (χ4n) is 0.657. The Labute approximate surface area is 65.2 Å². The molecule has 0 spiro atoms. The second kappa shape index (κ2) is 3.48. The van der Waals surface area contributed by atoms with Crippen LogP contribution in [0.2, 0.25) is 0 Å². The lowest BCUT2D eigenvalue weighted by atomic mass is 10.00. The number of esters is 1. The smallest absolute Gasteiger partial charge is 0.345 e. The first-order chi connectivity index (χ1) is 4.96. The summed E-state index contributed by atoms with van der Waals surface area (Å²) in [6, 6.07) is 0. The highest BCUT2D eigenvalue weighted by Gasteiger charge is 2.38. The van der Waals surface area contributed by atoms with Crippen LogP contribution in [0.15, 0.2) is 0 Å². The number of aliphatic hydroxyl groups is 1. The molecule has 0 fully saturated rings. The van der Waals surface area contributed by atoms with Gasteiger partial charge in [0, 0.05) is 6.42 Å². The van der Waals surface area contributed by atoms with Gasteiger partial charge in [0.25, 0.3) is 0 Å². The Morgan fingerprint density at radius 3 is 2.27 bits per heavy atom. The number of hydrogen-bond donors (Lipinski definition) is 1. The molecule has 64 valence electrons. The summed E-state index contributed by atoms with van der Waals surface area (Å²) in [7, 11) is 1.12. The monoisotopic (exact) mass is 160 g/mol. The second-order valence-corrected chi connectivity index (χ2v) is 2.34. The van der Waals surface area contributed by atoms with Gasteiger partial charge in [0.1, 0.15) is 0 Å². The number of carbonyl (C=O) groups excluding carboxylic acids is 2. The number of carbonyl (C=O) groups is 2. The summed E-state index contributed by atoms with van der Waals surface area (Å²) in [4.78, 5) is 21.6. The Balaban J connectivity index is 4.44. The van der Waals surface area contributed by atoms with Gasteiger partial charge >= 0.3 is 5.97 Å². The minimum absolute atomic E-state index is 0.113. The summed E-state index contributed by atoms with van der Waals surface area (Å²) in [5.74, 6) is -1.45. The van der Waals surface area contributed by atoms with Gasteiger partial charge in [-0.3, -0.25) is 4.79 Å². The normalized spacial score (nSPS) is 15.3. The number of ketones is 1. The molecule has 0 rings (SSSR count). The van der Waals surface area contributed by atoms with Crippen molar-refractivity contribution >= 4 is 11.8 Å². The molecule has 4 nitrogen and oxygen atoms in total. The predicted octanol–water partition coefficient (Wildman–Crippen LogP) is -0.110. The number of rotatable bonds is 3. The van der Waals surface area contributed by atoms with E-state index in [0.717, 1.165) is 14.0 Å². The first kappa shape index (κ1) is 10.1. The number of Topliss-reactive ketones (excluding diaryl/α,β-unsaturated/α-hetero) is 1. The summed E-state index contributed by atoms with van der Waals surface area (Å²) in [6.07, 6.45) is 0.113. The highest BCUT2D eigenvalue weighted by Crippen LogP contribution is 2.08. The quantitative estimate of drug-likeness (QED) is 0.462. The topological polar surface area (TPSA) is 63.6 Å². The van der Waals surface area contributed by atoms with Crippen LogP contribution in [0.5, 0.6) is 0 Å². The molecule has 0 saturated heterocycles. The molecule has 1 N–H and O–H groups in total. The minimum Gasteiger partial charge on any atom is -0.467 e. The molecule has 0 aliphatic carbocycles. The lowest BCUT2D eigenvalue weighted by Crippen LogP contribution is -2.44. The van der Waals surface area contributed by atoms with Crippen LogP contribution in [0.1, 0.15) is 20.3 Å². The van der Waals surface area contributed by atoms with Crippen molar-refractivity contribution in [2.24, 2.45) is 0 Å². The summed E-state index contributed by atoms with van der Waals surface area (Å²) < 4.78 is 4.23. The van der Waals surface area contributed by atoms with Crippen LogP contribution in [0.3, 0.4) is 0 Å². The van der Waals surface area contributed by atoms with Gasteiger partial charge in [0.15, 0.2) is 5.78 Å². The van der Waals surface area contributed by atoms with E-state index in [1.807, 2.05) is 0 Å². The maximum absolute atomic E-state index is 10.9. The second-order valence-electron chi connectivity index (χ2n) is 2.34. The van der Waals surface area contributed by atoms with Crippen LogP contribution in [0, 0.1) is 0 Å². The zero-order chi connectivity index (χ0) is 9.07. The Hall–Kier alpha value is -0.900. The molecule has 0 bridgehead atoms. The van der Waals surface area contributed by atoms with E-state index < -0.39 is 17.4 Å². The molecule has 0 aromatic heterocycles. The van der Waals surface area contributed by atoms with E-state index in [0.29, 0.717) is 0 Å². The fourth-order valence-corrected chi connectivity index (χ4v) is 0.657. The van der Waals surface area contributed by atoms with Gasteiger partial charge < -0.3 is 9.84 Å². The highest BCUT2D eigenvalue weighted by atomic mass is 16.5. The SMILES string of the molecule is CCC(=O)[C@@](C)(O)C(=O)OC. The van der Waals surface area contributed by atoms with Gasteiger partial charge in [0.05, 0.1) is 7.11 Å². The lowest BCUT2D eigenvalue weighted by Gasteiger charge is -2.17. The summed E-state index contributed by atoms with van der Waals surface area (Å²) >= 11 is 0. The van der Waals surface area contributed by atoms with Crippen molar-refractivity contribution < 1.29 is 19.4 Å². The lowest BCUT2D eigenvalue weighted by molar-refractivity contribution is -0.166. The molecule has 0 saturated carbocycles. The van der Waals surface area contributed by atoms with Crippen molar-refractivity contribution in [1.29, 1.82) is 0 Å². The van der Waals surface area contributed by atoms with Crippen molar-refractivity contribution in [1.82, 2.24) is 0 Å². The van der Waals surface area contributed by atoms with Gasteiger partial charge in [-0.15, -0.1) is 0 Å². The van der Waals surface area contributed by atoms with Crippen molar-refractivity contribution in [2.75, 3.05) is 7.11 Å². The molecule has 4 heteroatoms. The molecule has 1 atom stereocenters.